The molecule has 1 aliphatic heterocycles. The summed E-state index contributed by atoms with van der Waals surface area (Å²) in [6.45, 7) is 5.33. The number of fused-ring (bicyclic) bond motifs is 1. The number of ether oxygens (including phenoxy) is 1. The standard InChI is InChI=1S/C22H24N2O3/c1-14-7-15(2)22-18(12-27-20(22)8-14)10-21(25)24-19-13-26-11-17(19)9-16-3-5-23-6-4-16/h3-8,12,17,19H,9-11,13H2,1-2H3,(H,24,25)/t17-,19+/m1/s1. The van der Waals surface area contributed by atoms with Crippen LogP contribution in [0.1, 0.15) is 22.3 Å². The maximum Gasteiger partial charge on any atom is 0.224 e. The lowest BCUT2D eigenvalue weighted by molar-refractivity contribution is -0.121. The van der Waals surface area contributed by atoms with Crippen molar-refractivity contribution in [1.82, 2.24) is 10.3 Å². The predicted octanol–water partition coefficient (Wildman–Crippen LogP) is 3.36. The summed E-state index contributed by atoms with van der Waals surface area (Å²) >= 11 is 0. The number of nitrogens with one attached hydrogen (secondary N) is 1. The van der Waals surface area contributed by atoms with Gasteiger partial charge in [0.25, 0.3) is 0 Å². The second-order valence-corrected chi connectivity index (χ2v) is 7.42. The Morgan fingerprint density at radius 2 is 2.04 bits per heavy atom. The number of nitrogens with zero attached hydrogens (tertiary/aromatic N) is 1. The largest absolute Gasteiger partial charge is 0.464 e. The molecular formula is C22H24N2O3. The number of aryl methyl sites for hydroxylation is 2. The fraction of sp³-hybridized carbons (Fsp3) is 0.364. The summed E-state index contributed by atoms with van der Waals surface area (Å²) in [5, 5.41) is 4.21. The van der Waals surface area contributed by atoms with E-state index in [-0.39, 0.29) is 17.9 Å². The molecule has 0 bridgehead atoms. The van der Waals surface area contributed by atoms with E-state index < -0.39 is 0 Å². The average molecular weight is 364 g/mol. The van der Waals surface area contributed by atoms with Crippen LogP contribution in [0.25, 0.3) is 11.0 Å². The van der Waals surface area contributed by atoms with E-state index in [2.05, 4.69) is 23.3 Å². The zero-order valence-electron chi connectivity index (χ0n) is 15.7. The van der Waals surface area contributed by atoms with E-state index >= 15 is 0 Å². The Hall–Kier alpha value is -2.66. The SMILES string of the molecule is Cc1cc(C)c2c(CC(=O)N[C@H]3COC[C@H]3Cc3ccncc3)coc2c1. The molecule has 0 aliphatic carbocycles. The van der Waals surface area contributed by atoms with Crippen molar-refractivity contribution in [3.05, 3.63) is 65.2 Å². The first kappa shape index (κ1) is 17.7. The van der Waals surface area contributed by atoms with Crippen LogP contribution in [0.15, 0.2) is 47.3 Å². The van der Waals surface area contributed by atoms with Gasteiger partial charge >= 0.3 is 0 Å². The van der Waals surface area contributed by atoms with E-state index in [1.54, 1.807) is 18.7 Å². The highest BCUT2D eigenvalue weighted by Gasteiger charge is 2.29. The number of benzene rings is 1. The molecule has 2 aromatic heterocycles. The molecule has 4 rings (SSSR count). The molecule has 5 nitrogen and oxygen atoms in total. The van der Waals surface area contributed by atoms with E-state index in [9.17, 15) is 4.79 Å². The molecule has 1 aromatic carbocycles. The predicted molar refractivity (Wildman–Crippen MR) is 104 cm³/mol. The van der Waals surface area contributed by atoms with Crippen molar-refractivity contribution in [1.29, 1.82) is 0 Å². The molecule has 27 heavy (non-hydrogen) atoms. The van der Waals surface area contributed by atoms with Gasteiger partial charge < -0.3 is 14.5 Å². The zero-order chi connectivity index (χ0) is 18.8. The van der Waals surface area contributed by atoms with Crippen molar-refractivity contribution in [2.24, 2.45) is 5.92 Å². The van der Waals surface area contributed by atoms with E-state index in [4.69, 9.17) is 9.15 Å². The second-order valence-electron chi connectivity index (χ2n) is 7.42. The van der Waals surface area contributed by atoms with Gasteiger partial charge in [-0.25, -0.2) is 0 Å². The highest BCUT2D eigenvalue weighted by Crippen LogP contribution is 2.27. The molecule has 1 saturated heterocycles. The van der Waals surface area contributed by atoms with Crippen molar-refractivity contribution in [2.75, 3.05) is 13.2 Å². The van der Waals surface area contributed by atoms with Crippen LogP contribution in [0.2, 0.25) is 0 Å². The third-order valence-electron chi connectivity index (χ3n) is 5.24. The summed E-state index contributed by atoms with van der Waals surface area (Å²) in [5.41, 5.74) is 5.29. The van der Waals surface area contributed by atoms with E-state index in [1.807, 2.05) is 25.1 Å². The lowest BCUT2D eigenvalue weighted by Gasteiger charge is -2.19. The Labute approximate surface area is 158 Å². The number of carbonyl (C=O) groups excluding carboxylic acids is 1. The minimum absolute atomic E-state index is 0.00732. The fourth-order valence-electron chi connectivity index (χ4n) is 3.97. The normalized spacial score (nSPS) is 19.5. The van der Waals surface area contributed by atoms with Crippen LogP contribution in [0.3, 0.4) is 0 Å². The quantitative estimate of drug-likeness (QED) is 0.754. The minimum Gasteiger partial charge on any atom is -0.464 e. The summed E-state index contributed by atoms with van der Waals surface area (Å²) in [4.78, 5) is 16.7. The lowest BCUT2D eigenvalue weighted by Crippen LogP contribution is -2.41. The zero-order valence-corrected chi connectivity index (χ0v) is 15.7. The van der Waals surface area contributed by atoms with Gasteiger partial charge in [-0.3, -0.25) is 9.78 Å². The molecule has 3 heterocycles. The first-order valence-electron chi connectivity index (χ1n) is 9.33. The van der Waals surface area contributed by atoms with E-state index in [0.717, 1.165) is 34.1 Å². The maximum absolute atomic E-state index is 12.7. The molecule has 5 heteroatoms. The molecule has 3 aromatic rings. The van der Waals surface area contributed by atoms with Gasteiger partial charge in [0.05, 0.1) is 31.9 Å². The number of hydrogen-bond acceptors (Lipinski definition) is 4. The van der Waals surface area contributed by atoms with Gasteiger partial charge in [0, 0.05) is 29.3 Å². The number of aromatic nitrogens is 1. The van der Waals surface area contributed by atoms with Crippen LogP contribution in [0.5, 0.6) is 0 Å². The highest BCUT2D eigenvalue weighted by atomic mass is 16.5. The molecule has 0 unspecified atom stereocenters. The minimum atomic E-state index is 0.00732. The summed E-state index contributed by atoms with van der Waals surface area (Å²) < 4.78 is 11.3. The second kappa shape index (κ2) is 7.53. The van der Waals surface area contributed by atoms with Gasteiger partial charge in [0.15, 0.2) is 0 Å². The van der Waals surface area contributed by atoms with Crippen LogP contribution in [0, 0.1) is 19.8 Å². The molecular weight excluding hydrogens is 340 g/mol. The molecule has 0 saturated carbocycles. The van der Waals surface area contributed by atoms with Crippen molar-refractivity contribution in [3.8, 4) is 0 Å². The van der Waals surface area contributed by atoms with E-state index in [0.29, 0.717) is 19.6 Å². The summed E-state index contributed by atoms with van der Waals surface area (Å²) in [6.07, 6.45) is 6.49. The number of hydrogen-bond donors (Lipinski definition) is 1. The molecule has 1 fully saturated rings. The summed E-state index contributed by atoms with van der Waals surface area (Å²) in [6, 6.07) is 8.19. The lowest BCUT2D eigenvalue weighted by atomic mass is 9.95. The van der Waals surface area contributed by atoms with Gasteiger partial charge in [-0.2, -0.15) is 0 Å². The topological polar surface area (TPSA) is 64.4 Å². The highest BCUT2D eigenvalue weighted by molar-refractivity contribution is 5.90. The summed E-state index contributed by atoms with van der Waals surface area (Å²) in [5.74, 6) is 0.287. The maximum atomic E-state index is 12.7. The molecule has 1 aliphatic rings. The number of rotatable bonds is 5. The van der Waals surface area contributed by atoms with Crippen LogP contribution in [-0.2, 0) is 22.4 Å². The smallest absolute Gasteiger partial charge is 0.224 e. The molecule has 2 atom stereocenters. The van der Waals surface area contributed by atoms with Gasteiger partial charge in [-0.1, -0.05) is 6.07 Å². The third-order valence-corrected chi connectivity index (χ3v) is 5.24. The monoisotopic (exact) mass is 364 g/mol. The Morgan fingerprint density at radius 3 is 2.85 bits per heavy atom. The van der Waals surface area contributed by atoms with Crippen molar-refractivity contribution in [3.63, 3.8) is 0 Å². The Kier molecular flexibility index (Phi) is 4.94. The van der Waals surface area contributed by atoms with Crippen LogP contribution in [0.4, 0.5) is 0 Å². The van der Waals surface area contributed by atoms with Gasteiger partial charge in [0.1, 0.15) is 5.58 Å². The number of furan rings is 1. The number of amides is 1. The first-order valence-corrected chi connectivity index (χ1v) is 9.33. The average Bonchev–Trinajstić information content (AvgIpc) is 3.23. The van der Waals surface area contributed by atoms with Crippen molar-refractivity contribution in [2.45, 2.75) is 32.7 Å². The molecule has 0 spiro atoms. The Bertz CT molecular complexity index is 949. The fourth-order valence-corrected chi connectivity index (χ4v) is 3.97. The summed E-state index contributed by atoms with van der Waals surface area (Å²) in [7, 11) is 0. The molecule has 140 valence electrons. The van der Waals surface area contributed by atoms with Crippen molar-refractivity contribution < 1.29 is 13.9 Å². The number of carbonyl (C=O) groups is 1. The van der Waals surface area contributed by atoms with Gasteiger partial charge in [-0.05, 0) is 55.2 Å². The van der Waals surface area contributed by atoms with Gasteiger partial charge in [-0.15, -0.1) is 0 Å². The Morgan fingerprint density at radius 1 is 1.22 bits per heavy atom. The molecule has 1 N–H and O–H groups in total. The van der Waals surface area contributed by atoms with Crippen LogP contribution < -0.4 is 5.32 Å². The first-order chi connectivity index (χ1) is 13.1. The van der Waals surface area contributed by atoms with E-state index in [1.165, 1.54) is 5.56 Å². The molecule has 1 amide bonds. The van der Waals surface area contributed by atoms with Crippen molar-refractivity contribution >= 4 is 16.9 Å². The van der Waals surface area contributed by atoms with Gasteiger partial charge in [0.2, 0.25) is 5.91 Å². The Balaban J connectivity index is 1.43. The third kappa shape index (κ3) is 3.88. The van der Waals surface area contributed by atoms with Crippen LogP contribution >= 0.6 is 0 Å². The van der Waals surface area contributed by atoms with Crippen LogP contribution in [-0.4, -0.2) is 30.1 Å². The number of pyridine rings is 1. The molecule has 0 radical (unpaired) electrons.